The van der Waals surface area contributed by atoms with E-state index < -0.39 is 41.9 Å². The van der Waals surface area contributed by atoms with Gasteiger partial charge in [0.25, 0.3) is 0 Å². The van der Waals surface area contributed by atoms with Crippen LogP contribution in [0.15, 0.2) is 0 Å². The van der Waals surface area contributed by atoms with Crippen LogP contribution in [0.5, 0.6) is 0 Å². The maximum atomic E-state index is 12.4. The summed E-state index contributed by atoms with van der Waals surface area (Å²) in [6, 6.07) is -2.73. The number of amides is 2. The fourth-order valence-electron chi connectivity index (χ4n) is 2.36. The van der Waals surface area contributed by atoms with E-state index in [1.165, 1.54) is 25.3 Å². The molecule has 0 aromatic heterocycles. The van der Waals surface area contributed by atoms with Crippen LogP contribution in [0.2, 0.25) is 0 Å². The summed E-state index contributed by atoms with van der Waals surface area (Å²) in [6.45, 7) is 9.93. The van der Waals surface area contributed by atoms with Gasteiger partial charge in [0, 0.05) is 6.54 Å². The van der Waals surface area contributed by atoms with Crippen LogP contribution in [-0.2, 0) is 19.2 Å². The van der Waals surface area contributed by atoms with Crippen molar-refractivity contribution in [2.24, 2.45) is 0 Å². The van der Waals surface area contributed by atoms with Gasteiger partial charge in [0.15, 0.2) is 0 Å². The second-order valence-electron chi connectivity index (χ2n) is 5.90. The van der Waals surface area contributed by atoms with Crippen molar-refractivity contribution in [1.82, 2.24) is 15.5 Å². The van der Waals surface area contributed by atoms with Crippen LogP contribution in [0, 0.1) is 0 Å². The van der Waals surface area contributed by atoms with Crippen LogP contribution in [-0.4, -0.2) is 70.6 Å². The molecule has 0 aliphatic carbocycles. The predicted molar refractivity (Wildman–Crippen MR) is 102 cm³/mol. The Morgan fingerprint density at radius 3 is 2.07 bits per heavy atom. The molecule has 1 rings (SSSR count). The smallest absolute Gasteiger partial charge is 0.325 e. The zero-order valence-electron chi connectivity index (χ0n) is 17.2. The molecule has 0 aromatic rings. The van der Waals surface area contributed by atoms with Crippen molar-refractivity contribution in [3.63, 3.8) is 0 Å². The number of likely N-dealkylation sites (N-methyl/N-ethyl adjacent to an activating group) is 1. The molecule has 0 saturated carbocycles. The Labute approximate surface area is 161 Å². The van der Waals surface area contributed by atoms with Crippen molar-refractivity contribution < 1.29 is 29.4 Å². The lowest BCUT2D eigenvalue weighted by Crippen LogP contribution is -2.54. The first-order valence-electron chi connectivity index (χ1n) is 9.42. The number of aliphatic carboxylic acids is 2. The molecule has 0 spiro atoms. The number of hydrogen-bond acceptors (Lipinski definition) is 5. The van der Waals surface area contributed by atoms with Crippen molar-refractivity contribution in [2.75, 3.05) is 13.6 Å². The lowest BCUT2D eigenvalue weighted by molar-refractivity contribution is -0.146. The van der Waals surface area contributed by atoms with Gasteiger partial charge in [-0.3, -0.25) is 19.2 Å². The van der Waals surface area contributed by atoms with Crippen molar-refractivity contribution in [2.45, 2.75) is 78.4 Å². The van der Waals surface area contributed by atoms with E-state index in [1.807, 2.05) is 13.8 Å². The van der Waals surface area contributed by atoms with Crippen LogP contribution in [0.3, 0.4) is 0 Å². The molecule has 1 aliphatic rings. The third kappa shape index (κ3) is 9.93. The molecule has 1 fully saturated rings. The first-order chi connectivity index (χ1) is 12.7. The number of nitrogens with zero attached hydrogens (tertiary/aromatic N) is 1. The van der Waals surface area contributed by atoms with Gasteiger partial charge in [-0.2, -0.15) is 0 Å². The molecule has 9 heteroatoms. The summed E-state index contributed by atoms with van der Waals surface area (Å²) in [7, 11) is 1.48. The molecule has 1 heterocycles. The number of carboxylic acid groups (broad SMARTS) is 2. The zero-order valence-corrected chi connectivity index (χ0v) is 17.2. The topological polar surface area (TPSA) is 136 Å². The molecular weight excluding hydrogens is 354 g/mol. The van der Waals surface area contributed by atoms with Crippen LogP contribution in [0.4, 0.5) is 0 Å². The van der Waals surface area contributed by atoms with Gasteiger partial charge in [0.2, 0.25) is 11.8 Å². The summed E-state index contributed by atoms with van der Waals surface area (Å²) >= 11 is 0. The highest BCUT2D eigenvalue weighted by Gasteiger charge is 2.38. The van der Waals surface area contributed by atoms with Gasteiger partial charge in [0.05, 0.1) is 12.5 Å². The van der Waals surface area contributed by atoms with E-state index in [-0.39, 0.29) is 6.42 Å². The fraction of sp³-hybridized carbons (Fsp3) is 0.778. The van der Waals surface area contributed by atoms with Crippen LogP contribution in [0.25, 0.3) is 0 Å². The Hall–Kier alpha value is -2.16. The Morgan fingerprint density at radius 2 is 1.67 bits per heavy atom. The van der Waals surface area contributed by atoms with E-state index >= 15 is 0 Å². The third-order valence-corrected chi connectivity index (χ3v) is 3.59. The molecule has 1 unspecified atom stereocenters. The number of rotatable bonds is 7. The van der Waals surface area contributed by atoms with Crippen molar-refractivity contribution >= 4 is 23.8 Å². The Morgan fingerprint density at radius 1 is 1.15 bits per heavy atom. The molecule has 9 nitrogen and oxygen atoms in total. The van der Waals surface area contributed by atoms with E-state index in [9.17, 15) is 19.2 Å². The summed E-state index contributed by atoms with van der Waals surface area (Å²) in [5.74, 6) is -3.29. The molecule has 0 aromatic carbocycles. The summed E-state index contributed by atoms with van der Waals surface area (Å²) in [6.07, 6.45) is 1.90. The summed E-state index contributed by atoms with van der Waals surface area (Å²) in [4.78, 5) is 47.3. The fourth-order valence-corrected chi connectivity index (χ4v) is 2.36. The second-order valence-corrected chi connectivity index (χ2v) is 5.90. The molecule has 3 atom stereocenters. The first kappa shape index (κ1) is 27.1. The van der Waals surface area contributed by atoms with Crippen molar-refractivity contribution in [3.05, 3.63) is 0 Å². The number of hydrogen-bond donors (Lipinski definition) is 4. The minimum Gasteiger partial charge on any atom is -0.481 e. The van der Waals surface area contributed by atoms with E-state index in [0.717, 1.165) is 0 Å². The molecular formula is C18H35N3O6. The zero-order chi connectivity index (χ0) is 21.6. The maximum Gasteiger partial charge on any atom is 0.325 e. The molecule has 2 amide bonds. The Bertz CT molecular complexity index is 484. The predicted octanol–water partition coefficient (Wildman–Crippen LogP) is 1.07. The minimum absolute atomic E-state index is 0.343. The SMILES string of the molecule is CC.CCC.CN[C@@H](CC(=O)O)C(=O)N1CCC[C@H]1C(=O)NC(C)C(=O)O. The van der Waals surface area contributed by atoms with Gasteiger partial charge in [-0.05, 0) is 26.8 Å². The lowest BCUT2D eigenvalue weighted by atomic mass is 10.1. The highest BCUT2D eigenvalue weighted by Crippen LogP contribution is 2.19. The van der Waals surface area contributed by atoms with E-state index in [0.29, 0.717) is 19.4 Å². The van der Waals surface area contributed by atoms with Gasteiger partial charge < -0.3 is 25.7 Å². The summed E-state index contributed by atoms with van der Waals surface area (Å²) in [5.41, 5.74) is 0. The average molecular weight is 389 g/mol. The number of carbonyl (C=O) groups excluding carboxylic acids is 2. The van der Waals surface area contributed by atoms with Crippen molar-refractivity contribution in [1.29, 1.82) is 0 Å². The molecule has 0 radical (unpaired) electrons. The molecule has 1 aliphatic heterocycles. The largest absolute Gasteiger partial charge is 0.481 e. The van der Waals surface area contributed by atoms with Gasteiger partial charge >= 0.3 is 11.9 Å². The monoisotopic (exact) mass is 389 g/mol. The maximum absolute atomic E-state index is 12.4. The normalized spacial score (nSPS) is 17.4. The summed E-state index contributed by atoms with van der Waals surface area (Å²) in [5, 5.41) is 22.6. The molecule has 158 valence electrons. The highest BCUT2D eigenvalue weighted by atomic mass is 16.4. The van der Waals surface area contributed by atoms with E-state index in [1.54, 1.807) is 0 Å². The van der Waals surface area contributed by atoms with Crippen LogP contribution >= 0.6 is 0 Å². The van der Waals surface area contributed by atoms with Gasteiger partial charge in [-0.15, -0.1) is 0 Å². The molecule has 4 N–H and O–H groups in total. The average Bonchev–Trinajstić information content (AvgIpc) is 3.11. The standard InChI is InChI=1S/C13H21N3O6.C3H8.C2H6/c1-7(13(21)22)15-11(19)9-4-3-5-16(9)12(20)8(14-2)6-10(17)18;1-3-2;1-2/h7-9,14H,3-6H2,1-2H3,(H,15,19)(H,17,18)(H,21,22);3H2,1-2H3;1-2H3/t7?,8-,9-;;/m0../s1. The van der Waals surface area contributed by atoms with Gasteiger partial charge in [-0.25, -0.2) is 0 Å². The first-order valence-corrected chi connectivity index (χ1v) is 9.42. The number of likely N-dealkylation sites (tertiary alicyclic amines) is 1. The van der Waals surface area contributed by atoms with Crippen LogP contribution in [0.1, 0.15) is 60.3 Å². The quantitative estimate of drug-likeness (QED) is 0.511. The van der Waals surface area contributed by atoms with Gasteiger partial charge in [0.1, 0.15) is 12.1 Å². The van der Waals surface area contributed by atoms with E-state index in [4.69, 9.17) is 10.2 Å². The Balaban J connectivity index is 0. The number of carbonyl (C=O) groups is 4. The summed E-state index contributed by atoms with van der Waals surface area (Å²) < 4.78 is 0. The highest BCUT2D eigenvalue weighted by molar-refractivity contribution is 5.93. The van der Waals surface area contributed by atoms with E-state index in [2.05, 4.69) is 24.5 Å². The molecule has 27 heavy (non-hydrogen) atoms. The molecule has 0 bridgehead atoms. The van der Waals surface area contributed by atoms with Gasteiger partial charge in [-0.1, -0.05) is 34.1 Å². The van der Waals surface area contributed by atoms with Crippen LogP contribution < -0.4 is 10.6 Å². The number of carboxylic acids is 2. The lowest BCUT2D eigenvalue weighted by Gasteiger charge is -2.28. The minimum atomic E-state index is -1.16. The second kappa shape index (κ2) is 15.0. The third-order valence-electron chi connectivity index (χ3n) is 3.59. The van der Waals surface area contributed by atoms with Crippen molar-refractivity contribution in [3.8, 4) is 0 Å². The molecule has 1 saturated heterocycles. The number of nitrogens with one attached hydrogen (secondary N) is 2. The Kier molecular flexibility index (Phi) is 15.0.